The highest BCUT2D eigenvalue weighted by Gasteiger charge is 2.36. The largest absolute Gasteiger partial charge is 0.481 e. The van der Waals surface area contributed by atoms with E-state index in [1.165, 1.54) is 12.1 Å². The summed E-state index contributed by atoms with van der Waals surface area (Å²) in [5.74, 6) is 5.55. The first kappa shape index (κ1) is 25.0. The molecule has 182 valence electrons. The molecule has 35 heavy (non-hydrogen) atoms. The number of alkyl halides is 3. The number of hydrogen-bond donors (Lipinski definition) is 1. The minimum atomic E-state index is -4.41. The van der Waals surface area contributed by atoms with E-state index in [2.05, 4.69) is 40.8 Å². The molecule has 0 aliphatic carbocycles. The fourth-order valence-electron chi connectivity index (χ4n) is 4.76. The first-order valence-electron chi connectivity index (χ1n) is 11.4. The summed E-state index contributed by atoms with van der Waals surface area (Å²) in [4.78, 5) is 13.6. The van der Waals surface area contributed by atoms with Crippen molar-refractivity contribution in [3.05, 3.63) is 82.8 Å². The minimum Gasteiger partial charge on any atom is -0.481 e. The van der Waals surface area contributed by atoms with Crippen LogP contribution in [0.5, 0.6) is 0 Å². The summed E-state index contributed by atoms with van der Waals surface area (Å²) in [5.41, 5.74) is 1.80. The molecule has 0 amide bonds. The van der Waals surface area contributed by atoms with Crippen molar-refractivity contribution in [1.29, 1.82) is 0 Å². The van der Waals surface area contributed by atoms with Crippen LogP contribution < -0.4 is 0 Å². The normalized spacial score (nSPS) is 19.7. The summed E-state index contributed by atoms with van der Waals surface area (Å²) in [5, 5.41) is 12.6. The molecular weight excluding hydrogens is 471 g/mol. The van der Waals surface area contributed by atoms with Gasteiger partial charge in [0.15, 0.2) is 0 Å². The van der Waals surface area contributed by atoms with Gasteiger partial charge in [-0.05, 0) is 71.3 Å². The van der Waals surface area contributed by atoms with Crippen LogP contribution in [0.25, 0.3) is 10.1 Å². The lowest BCUT2D eigenvalue weighted by Crippen LogP contribution is -2.39. The van der Waals surface area contributed by atoms with Gasteiger partial charge in [-0.15, -0.1) is 11.3 Å². The van der Waals surface area contributed by atoms with Crippen LogP contribution in [-0.4, -0.2) is 22.5 Å². The fraction of sp³-hybridized carbons (Fsp3) is 0.321. The van der Waals surface area contributed by atoms with E-state index in [0.29, 0.717) is 19.4 Å². The second kappa shape index (κ2) is 10.3. The average Bonchev–Trinajstić information content (AvgIpc) is 3.23. The van der Waals surface area contributed by atoms with Gasteiger partial charge in [-0.2, -0.15) is 13.2 Å². The number of carboxylic acid groups (broad SMARTS) is 1. The van der Waals surface area contributed by atoms with E-state index < -0.39 is 17.7 Å². The molecule has 7 heteroatoms. The number of benzene rings is 2. The van der Waals surface area contributed by atoms with Crippen molar-refractivity contribution in [2.24, 2.45) is 5.92 Å². The Labute approximate surface area is 206 Å². The molecule has 3 atom stereocenters. The van der Waals surface area contributed by atoms with Gasteiger partial charge in [-0.25, -0.2) is 0 Å². The lowest BCUT2D eigenvalue weighted by molar-refractivity contribution is -0.139. The highest BCUT2D eigenvalue weighted by atomic mass is 32.1. The Hall–Kier alpha value is -3.08. The van der Waals surface area contributed by atoms with Gasteiger partial charge in [-0.3, -0.25) is 9.69 Å². The van der Waals surface area contributed by atoms with Crippen LogP contribution in [0.3, 0.4) is 0 Å². The van der Waals surface area contributed by atoms with Crippen molar-refractivity contribution < 1.29 is 23.1 Å². The zero-order valence-electron chi connectivity index (χ0n) is 19.3. The van der Waals surface area contributed by atoms with E-state index in [1.54, 1.807) is 11.3 Å². The number of rotatable bonds is 5. The van der Waals surface area contributed by atoms with Crippen LogP contribution in [0.2, 0.25) is 0 Å². The van der Waals surface area contributed by atoms with Crippen LogP contribution in [0.4, 0.5) is 13.2 Å². The van der Waals surface area contributed by atoms with Gasteiger partial charge in [0.25, 0.3) is 0 Å². The van der Waals surface area contributed by atoms with Crippen molar-refractivity contribution in [2.45, 2.75) is 44.4 Å². The number of aliphatic carboxylic acids is 1. The smallest absolute Gasteiger partial charge is 0.416 e. The number of carbonyl (C=O) groups is 1. The Morgan fingerprint density at radius 2 is 1.94 bits per heavy atom. The lowest BCUT2D eigenvalue weighted by Gasteiger charge is -2.42. The number of nitrogens with zero attached hydrogens (tertiary/aromatic N) is 1. The highest BCUT2D eigenvalue weighted by molar-refractivity contribution is 7.17. The van der Waals surface area contributed by atoms with Gasteiger partial charge in [0.2, 0.25) is 0 Å². The first-order chi connectivity index (χ1) is 16.6. The molecule has 1 aromatic heterocycles. The SMILES string of the molecule is C=C(C)C#C[C@H](c1csc2ccccc12)N1CC[C@@H](CC(=O)O)C[C@H]1c1ccc(C(F)(F)F)cc1. The summed E-state index contributed by atoms with van der Waals surface area (Å²) in [7, 11) is 0. The monoisotopic (exact) mass is 497 g/mol. The van der Waals surface area contributed by atoms with Crippen LogP contribution in [0, 0.1) is 17.8 Å². The minimum absolute atomic E-state index is 0.0362. The Bertz CT molecular complexity index is 1280. The van der Waals surface area contributed by atoms with E-state index >= 15 is 0 Å². The maximum atomic E-state index is 13.2. The van der Waals surface area contributed by atoms with Gasteiger partial charge in [0.1, 0.15) is 0 Å². The predicted octanol–water partition coefficient (Wildman–Crippen LogP) is 7.47. The molecule has 0 saturated carbocycles. The maximum Gasteiger partial charge on any atom is 0.416 e. The van der Waals surface area contributed by atoms with Gasteiger partial charge >= 0.3 is 12.1 Å². The number of fused-ring (bicyclic) bond motifs is 1. The fourth-order valence-corrected chi connectivity index (χ4v) is 5.74. The van der Waals surface area contributed by atoms with Crippen LogP contribution in [0.15, 0.2) is 66.1 Å². The topological polar surface area (TPSA) is 40.5 Å². The number of carboxylic acids is 1. The van der Waals surface area contributed by atoms with Crippen molar-refractivity contribution in [1.82, 2.24) is 4.90 Å². The third kappa shape index (κ3) is 5.77. The lowest BCUT2D eigenvalue weighted by atomic mass is 9.83. The Morgan fingerprint density at radius 1 is 1.23 bits per heavy atom. The first-order valence-corrected chi connectivity index (χ1v) is 12.3. The molecule has 0 unspecified atom stereocenters. The van der Waals surface area contributed by atoms with E-state index in [0.717, 1.165) is 38.9 Å². The number of thiophene rings is 1. The standard InChI is InChI=1S/C28H26F3NO2S/c1-18(2)7-12-24(23-17-35-26-6-4-3-5-22(23)26)32-14-13-19(16-27(33)34)15-25(32)20-8-10-21(11-9-20)28(29,30)31/h3-6,8-11,17,19,24-25H,1,13-16H2,2H3,(H,33,34)/t19-,24-,25+/m1/s1. The van der Waals surface area contributed by atoms with Crippen molar-refractivity contribution in [3.63, 3.8) is 0 Å². The zero-order valence-corrected chi connectivity index (χ0v) is 20.1. The van der Waals surface area contributed by atoms with Crippen molar-refractivity contribution in [2.75, 3.05) is 6.54 Å². The number of hydrogen-bond acceptors (Lipinski definition) is 3. The summed E-state index contributed by atoms with van der Waals surface area (Å²) < 4.78 is 40.7. The summed E-state index contributed by atoms with van der Waals surface area (Å²) in [6.45, 7) is 6.33. The van der Waals surface area contributed by atoms with Gasteiger partial charge < -0.3 is 5.11 Å². The third-order valence-corrected chi connectivity index (χ3v) is 7.38. The molecule has 1 N–H and O–H groups in total. The molecule has 2 aromatic carbocycles. The number of allylic oxidation sites excluding steroid dienone is 1. The molecule has 1 aliphatic rings. The van der Waals surface area contributed by atoms with Crippen LogP contribution in [0.1, 0.15) is 55.0 Å². The van der Waals surface area contributed by atoms with Crippen molar-refractivity contribution >= 4 is 27.4 Å². The summed E-state index contributed by atoms with van der Waals surface area (Å²) >= 11 is 1.63. The Morgan fingerprint density at radius 3 is 2.60 bits per heavy atom. The molecule has 1 aliphatic heterocycles. The van der Waals surface area contributed by atoms with Crippen LogP contribution in [-0.2, 0) is 11.0 Å². The van der Waals surface area contributed by atoms with Gasteiger partial charge in [0.05, 0.1) is 11.6 Å². The Balaban J connectivity index is 1.78. The molecule has 3 nitrogen and oxygen atoms in total. The molecule has 1 fully saturated rings. The van der Waals surface area contributed by atoms with Crippen LogP contribution >= 0.6 is 11.3 Å². The maximum absolute atomic E-state index is 13.2. The average molecular weight is 498 g/mol. The number of piperidine rings is 1. The van der Waals surface area contributed by atoms with E-state index in [4.69, 9.17) is 0 Å². The molecule has 0 bridgehead atoms. The Kier molecular flexibility index (Phi) is 7.34. The molecule has 3 aromatic rings. The van der Waals surface area contributed by atoms with Crippen molar-refractivity contribution in [3.8, 4) is 11.8 Å². The molecule has 2 heterocycles. The molecule has 4 rings (SSSR count). The van der Waals surface area contributed by atoms with E-state index in [9.17, 15) is 23.1 Å². The molecular formula is C28H26F3NO2S. The number of halogens is 3. The van der Waals surface area contributed by atoms with Gasteiger partial charge in [-0.1, -0.05) is 48.8 Å². The molecule has 0 radical (unpaired) electrons. The second-order valence-electron chi connectivity index (χ2n) is 9.00. The van der Waals surface area contributed by atoms with Gasteiger partial charge in [0, 0.05) is 23.7 Å². The second-order valence-corrected chi connectivity index (χ2v) is 9.91. The zero-order chi connectivity index (χ0) is 25.2. The summed E-state index contributed by atoms with van der Waals surface area (Å²) in [6.07, 6.45) is -3.17. The van der Waals surface area contributed by atoms with E-state index in [-0.39, 0.29) is 24.4 Å². The summed E-state index contributed by atoms with van der Waals surface area (Å²) in [6, 6.07) is 12.7. The highest BCUT2D eigenvalue weighted by Crippen LogP contribution is 2.43. The van der Waals surface area contributed by atoms with E-state index in [1.807, 2.05) is 19.1 Å². The predicted molar refractivity (Wildman–Crippen MR) is 133 cm³/mol. The quantitative estimate of drug-likeness (QED) is 0.372. The third-order valence-electron chi connectivity index (χ3n) is 6.40. The number of likely N-dealkylation sites (tertiary alicyclic amines) is 1. The molecule has 0 spiro atoms. The molecule has 1 saturated heterocycles.